The highest BCUT2D eigenvalue weighted by Gasteiger charge is 2.39. The molecule has 9 nitrogen and oxygen atoms in total. The van der Waals surface area contributed by atoms with Crippen molar-refractivity contribution >= 4 is 17.7 Å². The highest BCUT2D eigenvalue weighted by molar-refractivity contribution is 5.97. The molecule has 2 aromatic rings. The highest BCUT2D eigenvalue weighted by atomic mass is 16.4. The zero-order valence-electron chi connectivity index (χ0n) is 11.2. The van der Waals surface area contributed by atoms with Gasteiger partial charge in [-0.3, -0.25) is 4.79 Å². The van der Waals surface area contributed by atoms with Crippen molar-refractivity contribution in [2.24, 2.45) is 0 Å². The van der Waals surface area contributed by atoms with Crippen LogP contribution in [0.5, 0.6) is 0 Å². The molecule has 0 aromatic carbocycles. The highest BCUT2D eigenvalue weighted by Crippen LogP contribution is 2.22. The first-order valence-corrected chi connectivity index (χ1v) is 6.36. The van der Waals surface area contributed by atoms with Crippen LogP contribution >= 0.6 is 0 Å². The van der Waals surface area contributed by atoms with Gasteiger partial charge in [-0.25, -0.2) is 14.3 Å². The average molecular weight is 291 g/mol. The monoisotopic (exact) mass is 291 g/mol. The van der Waals surface area contributed by atoms with Crippen LogP contribution in [-0.4, -0.2) is 65.3 Å². The largest absolute Gasteiger partial charge is 0.480 e. The summed E-state index contributed by atoms with van der Waals surface area (Å²) in [6.07, 6.45) is 1.87. The topological polar surface area (TPSA) is 121 Å². The molecule has 0 aliphatic carbocycles. The van der Waals surface area contributed by atoms with Gasteiger partial charge < -0.3 is 15.1 Å². The lowest BCUT2D eigenvalue weighted by molar-refractivity contribution is -0.141. The van der Waals surface area contributed by atoms with Crippen molar-refractivity contribution in [1.29, 1.82) is 0 Å². The molecule has 1 aliphatic rings. The molecular weight excluding hydrogens is 278 g/mol. The number of carboxylic acid groups (broad SMARTS) is 1. The van der Waals surface area contributed by atoms with E-state index in [2.05, 4.69) is 15.1 Å². The van der Waals surface area contributed by atoms with Gasteiger partial charge in [0.05, 0.1) is 17.4 Å². The number of carbonyl (C=O) groups is 2. The van der Waals surface area contributed by atoms with Gasteiger partial charge in [0.25, 0.3) is 11.7 Å². The molecule has 3 rings (SSSR count). The van der Waals surface area contributed by atoms with Crippen molar-refractivity contribution in [3.05, 3.63) is 23.8 Å². The molecule has 110 valence electrons. The van der Waals surface area contributed by atoms with Crippen LogP contribution in [0, 0.1) is 6.92 Å². The Labute approximate surface area is 118 Å². The molecule has 2 aromatic heterocycles. The summed E-state index contributed by atoms with van der Waals surface area (Å²) in [7, 11) is 0. The standard InChI is InChI=1S/C12H13N5O4/c1-6-8(3-13-12-14-5-15-17(6)12)10(19)16-4-7(18)2-9(16)11(20)21/h3,5,7,9,18H,2,4H2,1H3,(H,20,21)/t7-,9-/m0/s1. The molecule has 2 N–H and O–H groups in total. The summed E-state index contributed by atoms with van der Waals surface area (Å²) < 4.78 is 1.41. The van der Waals surface area contributed by atoms with Crippen molar-refractivity contribution in [2.45, 2.75) is 25.5 Å². The van der Waals surface area contributed by atoms with E-state index in [-0.39, 0.29) is 18.5 Å². The van der Waals surface area contributed by atoms with Gasteiger partial charge in [-0.15, -0.1) is 0 Å². The van der Waals surface area contributed by atoms with Crippen LogP contribution in [0.25, 0.3) is 5.78 Å². The Kier molecular flexibility index (Phi) is 3.05. The van der Waals surface area contributed by atoms with Gasteiger partial charge in [0.2, 0.25) is 0 Å². The van der Waals surface area contributed by atoms with Gasteiger partial charge >= 0.3 is 5.97 Å². The number of β-amino-alcohol motifs (C(OH)–C–C–N with tert-alkyl or cyclic N) is 1. The summed E-state index contributed by atoms with van der Waals surface area (Å²) >= 11 is 0. The van der Waals surface area contributed by atoms with Crippen LogP contribution in [0.4, 0.5) is 0 Å². The minimum absolute atomic E-state index is 0.00929. The summed E-state index contributed by atoms with van der Waals surface area (Å²) in [5, 5.41) is 22.7. The molecule has 9 heteroatoms. The molecule has 0 unspecified atom stereocenters. The van der Waals surface area contributed by atoms with Gasteiger partial charge in [0, 0.05) is 19.2 Å². The quantitative estimate of drug-likeness (QED) is 0.734. The summed E-state index contributed by atoms with van der Waals surface area (Å²) in [5.74, 6) is -1.26. The minimum atomic E-state index is -1.13. The fourth-order valence-electron chi connectivity index (χ4n) is 2.53. The van der Waals surface area contributed by atoms with Gasteiger partial charge in [-0.1, -0.05) is 0 Å². The predicted molar refractivity (Wildman–Crippen MR) is 68.6 cm³/mol. The lowest BCUT2D eigenvalue weighted by atomic mass is 10.1. The first kappa shape index (κ1) is 13.4. The number of rotatable bonds is 2. The Bertz CT molecular complexity index is 728. The smallest absolute Gasteiger partial charge is 0.326 e. The molecular formula is C12H13N5O4. The lowest BCUT2D eigenvalue weighted by Crippen LogP contribution is -2.41. The fourth-order valence-corrected chi connectivity index (χ4v) is 2.53. The van der Waals surface area contributed by atoms with Crippen molar-refractivity contribution in [1.82, 2.24) is 24.5 Å². The molecule has 0 bridgehead atoms. The number of carboxylic acids is 1. The number of hydrogen-bond acceptors (Lipinski definition) is 6. The second kappa shape index (κ2) is 4.77. The van der Waals surface area contributed by atoms with Crippen molar-refractivity contribution in [3.63, 3.8) is 0 Å². The third kappa shape index (κ3) is 2.11. The third-order valence-electron chi connectivity index (χ3n) is 3.60. The van der Waals surface area contributed by atoms with Crippen LogP contribution in [0.15, 0.2) is 12.5 Å². The Balaban J connectivity index is 2.00. The van der Waals surface area contributed by atoms with Gasteiger partial charge in [0.15, 0.2) is 0 Å². The van der Waals surface area contributed by atoms with E-state index < -0.39 is 24.0 Å². The van der Waals surface area contributed by atoms with Gasteiger partial charge in [0.1, 0.15) is 12.4 Å². The Hall–Kier alpha value is -2.55. The predicted octanol–water partition coefficient (Wildman–Crippen LogP) is -0.907. The van der Waals surface area contributed by atoms with Crippen molar-refractivity contribution in [2.75, 3.05) is 6.54 Å². The second-order valence-corrected chi connectivity index (χ2v) is 4.93. The normalized spacial score (nSPS) is 21.9. The zero-order chi connectivity index (χ0) is 15.1. The number of likely N-dealkylation sites (tertiary alicyclic amines) is 1. The number of aliphatic hydroxyl groups excluding tert-OH is 1. The fraction of sp³-hybridized carbons (Fsp3) is 0.417. The Morgan fingerprint density at radius 3 is 2.86 bits per heavy atom. The summed E-state index contributed by atoms with van der Waals surface area (Å²) in [5.41, 5.74) is 0.765. The van der Waals surface area contributed by atoms with E-state index in [4.69, 9.17) is 5.11 Å². The van der Waals surface area contributed by atoms with E-state index in [9.17, 15) is 14.7 Å². The SMILES string of the molecule is Cc1c(C(=O)N2C[C@@H](O)C[C@H]2C(=O)O)cnc2ncnn12. The molecule has 1 saturated heterocycles. The molecule has 1 aliphatic heterocycles. The minimum Gasteiger partial charge on any atom is -0.480 e. The maximum absolute atomic E-state index is 12.5. The lowest BCUT2D eigenvalue weighted by Gasteiger charge is -2.21. The average Bonchev–Trinajstić information content (AvgIpc) is 3.05. The molecule has 3 heterocycles. The van der Waals surface area contributed by atoms with Crippen molar-refractivity contribution < 1.29 is 19.8 Å². The number of hydrogen-bond donors (Lipinski definition) is 2. The van der Waals surface area contributed by atoms with E-state index >= 15 is 0 Å². The molecule has 0 saturated carbocycles. The third-order valence-corrected chi connectivity index (χ3v) is 3.60. The molecule has 0 spiro atoms. The molecule has 2 atom stereocenters. The van der Waals surface area contributed by atoms with Gasteiger partial charge in [-0.2, -0.15) is 10.1 Å². The van der Waals surface area contributed by atoms with Crippen LogP contribution in [-0.2, 0) is 4.79 Å². The molecule has 0 radical (unpaired) electrons. The first-order valence-electron chi connectivity index (χ1n) is 6.36. The zero-order valence-corrected chi connectivity index (χ0v) is 11.2. The second-order valence-electron chi connectivity index (χ2n) is 4.93. The van der Waals surface area contributed by atoms with Crippen LogP contribution in [0.2, 0.25) is 0 Å². The summed E-state index contributed by atoms with van der Waals surface area (Å²) in [6, 6.07) is -1.03. The Morgan fingerprint density at radius 1 is 1.38 bits per heavy atom. The number of aliphatic carboxylic acids is 1. The maximum Gasteiger partial charge on any atom is 0.326 e. The summed E-state index contributed by atoms with van der Waals surface area (Å²) in [4.78, 5) is 32.8. The van der Waals surface area contributed by atoms with E-state index in [1.54, 1.807) is 6.92 Å². The van der Waals surface area contributed by atoms with E-state index in [0.29, 0.717) is 11.5 Å². The number of fused-ring (bicyclic) bond motifs is 1. The molecule has 21 heavy (non-hydrogen) atoms. The van der Waals surface area contributed by atoms with Gasteiger partial charge in [-0.05, 0) is 6.92 Å². The maximum atomic E-state index is 12.5. The van der Waals surface area contributed by atoms with E-state index in [1.807, 2.05) is 0 Å². The number of amides is 1. The van der Waals surface area contributed by atoms with E-state index in [0.717, 1.165) is 4.90 Å². The molecule has 1 fully saturated rings. The summed E-state index contributed by atoms with van der Waals surface area (Å²) in [6.45, 7) is 1.67. The van der Waals surface area contributed by atoms with Crippen molar-refractivity contribution in [3.8, 4) is 0 Å². The Morgan fingerprint density at radius 2 is 2.14 bits per heavy atom. The number of carbonyl (C=O) groups excluding carboxylic acids is 1. The number of aliphatic hydroxyl groups is 1. The van der Waals surface area contributed by atoms with E-state index in [1.165, 1.54) is 17.0 Å². The van der Waals surface area contributed by atoms with Crippen LogP contribution in [0.1, 0.15) is 22.5 Å². The first-order chi connectivity index (χ1) is 9.99. The van der Waals surface area contributed by atoms with Crippen LogP contribution in [0.3, 0.4) is 0 Å². The van der Waals surface area contributed by atoms with Crippen LogP contribution < -0.4 is 0 Å². The number of aromatic nitrogens is 4. The number of nitrogens with zero attached hydrogens (tertiary/aromatic N) is 5. The molecule has 1 amide bonds. The number of aryl methyl sites for hydroxylation is 1.